The molecule has 0 heterocycles. The Bertz CT molecular complexity index is 92.1. The summed E-state index contributed by atoms with van der Waals surface area (Å²) in [5.41, 5.74) is 0. The van der Waals surface area contributed by atoms with Crippen LogP contribution in [-0.2, 0) is 4.79 Å². The number of carbonyl (C=O) groups excluding carboxylic acids is 1. The molecule has 0 bridgehead atoms. The second kappa shape index (κ2) is 9.43. The van der Waals surface area contributed by atoms with Gasteiger partial charge in [-0.15, -0.1) is 0 Å². The summed E-state index contributed by atoms with van der Waals surface area (Å²) in [6.07, 6.45) is 0.587. The smallest absolute Gasteiger partial charge is 0.223 e. The van der Waals surface area contributed by atoms with Gasteiger partial charge in [-0.25, -0.2) is 0 Å². The second-order valence-electron chi connectivity index (χ2n) is 2.14. The first-order valence-electron chi connectivity index (χ1n) is 4.03. The number of hydrogen-bond acceptors (Lipinski definition) is 2. The number of carbonyl (C=O) groups is 1. The van der Waals surface area contributed by atoms with Gasteiger partial charge in [-0.3, -0.25) is 4.79 Å². The highest BCUT2D eigenvalue weighted by molar-refractivity contribution is 5.75. The molecular weight excluding hydrogens is 140 g/mol. The fourth-order valence-electron chi connectivity index (χ4n) is 0.456. The molecule has 0 unspecified atom stereocenters. The Morgan fingerprint density at radius 1 is 1.36 bits per heavy atom. The van der Waals surface area contributed by atoms with Gasteiger partial charge in [0.2, 0.25) is 5.91 Å². The maximum absolute atomic E-state index is 10.8. The number of nitrogens with one attached hydrogen (secondary N) is 1. The molecular formula is C8H20N2O. The van der Waals surface area contributed by atoms with Gasteiger partial charge in [0.25, 0.3) is 0 Å². The van der Waals surface area contributed by atoms with Crippen molar-refractivity contribution in [2.45, 2.75) is 20.3 Å². The summed E-state index contributed by atoms with van der Waals surface area (Å²) >= 11 is 0. The summed E-state index contributed by atoms with van der Waals surface area (Å²) in [6, 6.07) is 0. The van der Waals surface area contributed by atoms with Crippen LogP contribution in [0, 0.1) is 0 Å². The lowest BCUT2D eigenvalue weighted by Crippen LogP contribution is -2.25. The minimum atomic E-state index is 0.171. The van der Waals surface area contributed by atoms with Crippen molar-refractivity contribution in [1.82, 2.24) is 10.2 Å². The van der Waals surface area contributed by atoms with Gasteiger partial charge >= 0.3 is 0 Å². The van der Waals surface area contributed by atoms with Gasteiger partial charge in [0.15, 0.2) is 0 Å². The monoisotopic (exact) mass is 160 g/mol. The highest BCUT2D eigenvalue weighted by Gasteiger charge is 2.00. The van der Waals surface area contributed by atoms with Crippen LogP contribution in [-0.4, -0.2) is 38.5 Å². The fraction of sp³-hybridized carbons (Fsp3) is 0.875. The third-order valence-corrected chi connectivity index (χ3v) is 1.09. The topological polar surface area (TPSA) is 32.3 Å². The molecule has 0 radical (unpaired) electrons. The minimum absolute atomic E-state index is 0.171. The Hall–Kier alpha value is -0.570. The molecule has 3 heteroatoms. The fourth-order valence-corrected chi connectivity index (χ4v) is 0.456. The van der Waals surface area contributed by atoms with Crippen LogP contribution in [0.4, 0.5) is 0 Å². The molecule has 3 nitrogen and oxygen atoms in total. The molecule has 0 aromatic carbocycles. The van der Waals surface area contributed by atoms with E-state index < -0.39 is 0 Å². The molecule has 1 amide bonds. The lowest BCUT2D eigenvalue weighted by Gasteiger charge is -2.08. The molecule has 0 spiro atoms. The highest BCUT2D eigenvalue weighted by atomic mass is 16.2. The van der Waals surface area contributed by atoms with E-state index in [0.717, 1.165) is 6.54 Å². The van der Waals surface area contributed by atoms with Crippen LogP contribution in [0.25, 0.3) is 0 Å². The first-order valence-corrected chi connectivity index (χ1v) is 4.03. The van der Waals surface area contributed by atoms with Crippen molar-refractivity contribution in [3.05, 3.63) is 0 Å². The van der Waals surface area contributed by atoms with Crippen LogP contribution in [0.5, 0.6) is 0 Å². The van der Waals surface area contributed by atoms with Crippen LogP contribution < -0.4 is 5.32 Å². The van der Waals surface area contributed by atoms with Gasteiger partial charge in [-0.2, -0.15) is 0 Å². The van der Waals surface area contributed by atoms with E-state index in [1.54, 1.807) is 19.0 Å². The van der Waals surface area contributed by atoms with Crippen molar-refractivity contribution in [1.29, 1.82) is 0 Å². The molecule has 11 heavy (non-hydrogen) atoms. The van der Waals surface area contributed by atoms with E-state index in [4.69, 9.17) is 0 Å². The Morgan fingerprint density at radius 3 is 2.09 bits per heavy atom. The zero-order valence-corrected chi connectivity index (χ0v) is 8.27. The predicted octanol–water partition coefficient (Wildman–Crippen LogP) is 0.710. The van der Waals surface area contributed by atoms with Gasteiger partial charge < -0.3 is 10.2 Å². The standard InChI is InChI=1S/C6H14N2O.C2H6/c1-7-5-4-6(9)8(2)3;1-2/h7H,4-5H2,1-3H3;1-2H3. The number of rotatable bonds is 3. The molecule has 0 aromatic heterocycles. The van der Waals surface area contributed by atoms with Crippen LogP contribution >= 0.6 is 0 Å². The SMILES string of the molecule is CC.CNCCC(=O)N(C)C. The lowest BCUT2D eigenvalue weighted by molar-refractivity contribution is -0.128. The Balaban J connectivity index is 0. The quantitative estimate of drug-likeness (QED) is 0.659. The molecule has 0 atom stereocenters. The molecule has 0 fully saturated rings. The summed E-state index contributed by atoms with van der Waals surface area (Å²) in [7, 11) is 5.36. The van der Waals surface area contributed by atoms with Crippen molar-refractivity contribution in [3.63, 3.8) is 0 Å². The molecule has 0 saturated heterocycles. The third-order valence-electron chi connectivity index (χ3n) is 1.09. The van der Waals surface area contributed by atoms with Crippen molar-refractivity contribution in [2.24, 2.45) is 0 Å². The number of amides is 1. The summed E-state index contributed by atoms with van der Waals surface area (Å²) in [5.74, 6) is 0.171. The largest absolute Gasteiger partial charge is 0.349 e. The number of hydrogen-bond donors (Lipinski definition) is 1. The zero-order chi connectivity index (χ0) is 9.28. The first kappa shape index (κ1) is 13.1. The minimum Gasteiger partial charge on any atom is -0.349 e. The molecule has 1 N–H and O–H groups in total. The van der Waals surface area contributed by atoms with E-state index >= 15 is 0 Å². The summed E-state index contributed by atoms with van der Waals surface area (Å²) < 4.78 is 0. The van der Waals surface area contributed by atoms with Crippen molar-refractivity contribution >= 4 is 5.91 Å². The van der Waals surface area contributed by atoms with Crippen LogP contribution in [0.1, 0.15) is 20.3 Å². The van der Waals surface area contributed by atoms with E-state index in [1.165, 1.54) is 0 Å². The number of nitrogens with zero attached hydrogens (tertiary/aromatic N) is 1. The zero-order valence-electron chi connectivity index (χ0n) is 8.27. The van der Waals surface area contributed by atoms with Crippen molar-refractivity contribution < 1.29 is 4.79 Å². The maximum atomic E-state index is 10.8. The van der Waals surface area contributed by atoms with Crippen molar-refractivity contribution in [3.8, 4) is 0 Å². The van der Waals surface area contributed by atoms with E-state index in [1.807, 2.05) is 20.9 Å². The van der Waals surface area contributed by atoms with E-state index in [0.29, 0.717) is 6.42 Å². The van der Waals surface area contributed by atoms with E-state index in [2.05, 4.69) is 5.32 Å². The van der Waals surface area contributed by atoms with Crippen LogP contribution in [0.15, 0.2) is 0 Å². The van der Waals surface area contributed by atoms with Gasteiger partial charge in [0.1, 0.15) is 0 Å². The third kappa shape index (κ3) is 9.43. The molecule has 0 aromatic rings. The average molecular weight is 160 g/mol. The van der Waals surface area contributed by atoms with Gasteiger partial charge in [-0.1, -0.05) is 13.8 Å². The lowest BCUT2D eigenvalue weighted by atomic mass is 10.4. The van der Waals surface area contributed by atoms with Crippen LogP contribution in [0.2, 0.25) is 0 Å². The molecule has 68 valence electrons. The summed E-state index contributed by atoms with van der Waals surface area (Å²) in [4.78, 5) is 12.4. The normalized spacial score (nSPS) is 8.09. The Kier molecular flexibility index (Phi) is 11.2. The molecule has 0 rings (SSSR count). The predicted molar refractivity (Wildman–Crippen MR) is 48.6 cm³/mol. The molecule has 0 aliphatic heterocycles. The van der Waals surface area contributed by atoms with Gasteiger partial charge in [-0.05, 0) is 7.05 Å². The Morgan fingerprint density at radius 2 is 1.82 bits per heavy atom. The van der Waals surface area contributed by atoms with Gasteiger partial charge in [0, 0.05) is 27.1 Å². The second-order valence-corrected chi connectivity index (χ2v) is 2.14. The van der Waals surface area contributed by atoms with E-state index in [-0.39, 0.29) is 5.91 Å². The average Bonchev–Trinajstić information content (AvgIpc) is 2.03. The highest BCUT2D eigenvalue weighted by Crippen LogP contribution is 1.82. The maximum Gasteiger partial charge on any atom is 0.223 e. The molecule has 0 saturated carbocycles. The molecule has 0 aliphatic rings. The summed E-state index contributed by atoms with van der Waals surface area (Å²) in [6.45, 7) is 4.76. The summed E-state index contributed by atoms with van der Waals surface area (Å²) in [5, 5.41) is 2.91. The van der Waals surface area contributed by atoms with Crippen molar-refractivity contribution in [2.75, 3.05) is 27.7 Å². The van der Waals surface area contributed by atoms with Gasteiger partial charge in [0.05, 0.1) is 0 Å². The first-order chi connectivity index (χ1) is 5.18. The Labute approximate surface area is 69.8 Å². The van der Waals surface area contributed by atoms with Crippen LogP contribution in [0.3, 0.4) is 0 Å². The van der Waals surface area contributed by atoms with E-state index in [9.17, 15) is 4.79 Å². The molecule has 0 aliphatic carbocycles.